The lowest BCUT2D eigenvalue weighted by Gasteiger charge is -2.28. The van der Waals surface area contributed by atoms with Crippen molar-refractivity contribution in [1.82, 2.24) is 4.98 Å². The lowest BCUT2D eigenvalue weighted by atomic mass is 10.1. The van der Waals surface area contributed by atoms with Crippen LogP contribution in [0.1, 0.15) is 19.3 Å². The van der Waals surface area contributed by atoms with Gasteiger partial charge in [0.15, 0.2) is 5.13 Å². The number of para-hydroxylation sites is 2. The zero-order valence-corrected chi connectivity index (χ0v) is 18.1. The summed E-state index contributed by atoms with van der Waals surface area (Å²) in [7, 11) is 1.63. The Labute approximate surface area is 184 Å². The van der Waals surface area contributed by atoms with Gasteiger partial charge >= 0.3 is 5.63 Å². The van der Waals surface area contributed by atoms with Crippen LogP contribution in [0.15, 0.2) is 63.1 Å². The summed E-state index contributed by atoms with van der Waals surface area (Å²) in [5.74, 6) is 0.731. The molecule has 0 radical (unpaired) electrons. The molecule has 0 atom stereocenters. The molecule has 1 aliphatic heterocycles. The number of aromatic nitrogens is 1. The number of fused-ring (bicyclic) bond motifs is 1. The third-order valence-electron chi connectivity index (χ3n) is 5.57. The van der Waals surface area contributed by atoms with Crippen molar-refractivity contribution < 1.29 is 9.15 Å². The molecule has 1 aliphatic rings. The highest BCUT2D eigenvalue weighted by Gasteiger charge is 2.15. The van der Waals surface area contributed by atoms with Gasteiger partial charge < -0.3 is 19.4 Å². The molecule has 0 spiro atoms. The zero-order valence-electron chi connectivity index (χ0n) is 17.3. The average Bonchev–Trinajstić information content (AvgIpc) is 3.27. The molecule has 2 aromatic carbocycles. The number of rotatable bonds is 5. The summed E-state index contributed by atoms with van der Waals surface area (Å²) < 4.78 is 11.1. The van der Waals surface area contributed by atoms with Gasteiger partial charge in [-0.3, -0.25) is 0 Å². The molecule has 158 valence electrons. The van der Waals surface area contributed by atoms with Gasteiger partial charge in [0, 0.05) is 35.6 Å². The predicted molar refractivity (Wildman–Crippen MR) is 126 cm³/mol. The molecule has 5 rings (SSSR count). The minimum atomic E-state index is -0.377. The Kier molecular flexibility index (Phi) is 5.34. The fourth-order valence-electron chi connectivity index (χ4n) is 3.95. The number of methoxy groups -OCH3 is 1. The lowest BCUT2D eigenvalue weighted by molar-refractivity contribution is 0.417. The van der Waals surface area contributed by atoms with E-state index in [1.54, 1.807) is 7.11 Å². The first-order chi connectivity index (χ1) is 15.2. The third-order valence-corrected chi connectivity index (χ3v) is 6.33. The van der Waals surface area contributed by atoms with E-state index in [0.29, 0.717) is 22.0 Å². The molecule has 6 nitrogen and oxygen atoms in total. The lowest BCUT2D eigenvalue weighted by Crippen LogP contribution is -2.29. The molecule has 2 aromatic heterocycles. The molecule has 7 heteroatoms. The van der Waals surface area contributed by atoms with Gasteiger partial charge in [0.2, 0.25) is 0 Å². The first kappa shape index (κ1) is 19.6. The fourth-order valence-corrected chi connectivity index (χ4v) is 4.67. The van der Waals surface area contributed by atoms with Gasteiger partial charge in [-0.05, 0) is 49.6 Å². The van der Waals surface area contributed by atoms with Crippen LogP contribution in [0.4, 0.5) is 16.5 Å². The van der Waals surface area contributed by atoms with Gasteiger partial charge in [0.05, 0.1) is 24.1 Å². The molecule has 0 amide bonds. The van der Waals surface area contributed by atoms with Crippen molar-refractivity contribution in [2.75, 3.05) is 30.4 Å². The maximum Gasteiger partial charge on any atom is 0.345 e. The second-order valence-electron chi connectivity index (χ2n) is 7.58. The Morgan fingerprint density at radius 1 is 1.10 bits per heavy atom. The molecule has 1 saturated heterocycles. The smallest absolute Gasteiger partial charge is 0.345 e. The van der Waals surface area contributed by atoms with E-state index in [4.69, 9.17) is 9.15 Å². The van der Waals surface area contributed by atoms with E-state index in [1.807, 2.05) is 47.8 Å². The van der Waals surface area contributed by atoms with Gasteiger partial charge in [-0.2, -0.15) is 0 Å². The number of anilines is 3. The minimum Gasteiger partial charge on any atom is -0.495 e. The molecule has 31 heavy (non-hydrogen) atoms. The van der Waals surface area contributed by atoms with Crippen molar-refractivity contribution in [3.05, 3.63) is 64.3 Å². The van der Waals surface area contributed by atoms with E-state index in [2.05, 4.69) is 21.3 Å². The van der Waals surface area contributed by atoms with E-state index in [0.717, 1.165) is 35.6 Å². The summed E-state index contributed by atoms with van der Waals surface area (Å²) in [6.45, 7) is 2.10. The summed E-state index contributed by atoms with van der Waals surface area (Å²) in [6, 6.07) is 15.6. The van der Waals surface area contributed by atoms with Gasteiger partial charge in [-0.25, -0.2) is 9.78 Å². The SMILES string of the molecule is COc1ccccc1Nc1nc(-c2cc3ccc(N4CCCCC4)cc3oc2=O)cs1. The van der Waals surface area contributed by atoms with Crippen LogP contribution in [0.25, 0.3) is 22.2 Å². The van der Waals surface area contributed by atoms with Crippen molar-refractivity contribution in [2.24, 2.45) is 0 Å². The summed E-state index contributed by atoms with van der Waals surface area (Å²) in [5.41, 5.74) is 3.22. The van der Waals surface area contributed by atoms with Gasteiger partial charge in [0.1, 0.15) is 11.3 Å². The highest BCUT2D eigenvalue weighted by atomic mass is 32.1. The second kappa shape index (κ2) is 8.43. The van der Waals surface area contributed by atoms with Crippen LogP contribution in [0.2, 0.25) is 0 Å². The van der Waals surface area contributed by atoms with E-state index in [-0.39, 0.29) is 5.63 Å². The number of hydrogen-bond donors (Lipinski definition) is 1. The largest absolute Gasteiger partial charge is 0.495 e. The van der Waals surface area contributed by atoms with Crippen LogP contribution < -0.4 is 20.6 Å². The van der Waals surface area contributed by atoms with Crippen LogP contribution in [0.5, 0.6) is 5.75 Å². The Bertz CT molecular complexity index is 1270. The first-order valence-corrected chi connectivity index (χ1v) is 11.3. The number of nitrogens with one attached hydrogen (secondary N) is 1. The molecule has 1 N–H and O–H groups in total. The standard InChI is InChI=1S/C24H23N3O3S/c1-29-21-8-4-3-7-19(21)25-24-26-20(15-31-24)18-13-16-9-10-17(14-22(16)30-23(18)28)27-11-5-2-6-12-27/h3-4,7-10,13-15H,2,5-6,11-12H2,1H3,(H,25,26). The Morgan fingerprint density at radius 3 is 2.77 bits per heavy atom. The summed E-state index contributed by atoms with van der Waals surface area (Å²) >= 11 is 1.43. The number of piperidine rings is 1. The van der Waals surface area contributed by atoms with E-state index < -0.39 is 0 Å². The van der Waals surface area contributed by atoms with Gasteiger partial charge in [-0.1, -0.05) is 12.1 Å². The topological polar surface area (TPSA) is 67.6 Å². The molecule has 0 saturated carbocycles. The fraction of sp³-hybridized carbons (Fsp3) is 0.250. The Hall–Kier alpha value is -3.32. The predicted octanol–water partition coefficient (Wildman–Crippen LogP) is 5.66. The summed E-state index contributed by atoms with van der Waals surface area (Å²) in [4.78, 5) is 19.7. The van der Waals surface area contributed by atoms with Gasteiger partial charge in [0.25, 0.3) is 0 Å². The minimum absolute atomic E-state index is 0.377. The molecular weight excluding hydrogens is 410 g/mol. The molecule has 4 aromatic rings. The highest BCUT2D eigenvalue weighted by molar-refractivity contribution is 7.14. The molecular formula is C24H23N3O3S. The highest BCUT2D eigenvalue weighted by Crippen LogP contribution is 2.32. The second-order valence-corrected chi connectivity index (χ2v) is 8.44. The Balaban J connectivity index is 1.44. The summed E-state index contributed by atoms with van der Waals surface area (Å²) in [6.07, 6.45) is 3.69. The number of benzene rings is 2. The van der Waals surface area contributed by atoms with Crippen molar-refractivity contribution in [1.29, 1.82) is 0 Å². The van der Waals surface area contributed by atoms with E-state index in [9.17, 15) is 4.79 Å². The quantitative estimate of drug-likeness (QED) is 0.410. The first-order valence-electron chi connectivity index (χ1n) is 10.4. The maximum absolute atomic E-state index is 12.7. The van der Waals surface area contributed by atoms with Crippen molar-refractivity contribution in [3.8, 4) is 17.0 Å². The van der Waals surface area contributed by atoms with E-state index >= 15 is 0 Å². The normalized spacial score (nSPS) is 14.0. The molecule has 0 aliphatic carbocycles. The number of thiazole rings is 1. The third kappa shape index (κ3) is 4.01. The van der Waals surface area contributed by atoms with E-state index in [1.165, 1.54) is 30.6 Å². The summed E-state index contributed by atoms with van der Waals surface area (Å²) in [5, 5.41) is 6.69. The number of nitrogens with zero attached hydrogens (tertiary/aromatic N) is 2. The molecule has 3 heterocycles. The maximum atomic E-state index is 12.7. The van der Waals surface area contributed by atoms with Crippen LogP contribution in [-0.2, 0) is 0 Å². The molecule has 1 fully saturated rings. The van der Waals surface area contributed by atoms with Crippen molar-refractivity contribution >= 4 is 38.8 Å². The van der Waals surface area contributed by atoms with Crippen LogP contribution in [-0.4, -0.2) is 25.2 Å². The Morgan fingerprint density at radius 2 is 1.94 bits per heavy atom. The molecule has 0 unspecified atom stereocenters. The van der Waals surface area contributed by atoms with Crippen molar-refractivity contribution in [2.45, 2.75) is 19.3 Å². The van der Waals surface area contributed by atoms with Crippen molar-refractivity contribution in [3.63, 3.8) is 0 Å². The van der Waals surface area contributed by atoms with Crippen LogP contribution in [0.3, 0.4) is 0 Å². The van der Waals surface area contributed by atoms with Gasteiger partial charge in [-0.15, -0.1) is 11.3 Å². The number of hydrogen-bond acceptors (Lipinski definition) is 7. The van der Waals surface area contributed by atoms with Crippen LogP contribution in [0, 0.1) is 0 Å². The molecule has 0 bridgehead atoms. The van der Waals surface area contributed by atoms with Crippen LogP contribution >= 0.6 is 11.3 Å². The average molecular weight is 434 g/mol. The number of ether oxygens (including phenoxy) is 1. The zero-order chi connectivity index (χ0) is 21.2. The monoisotopic (exact) mass is 433 g/mol.